The van der Waals surface area contributed by atoms with Crippen LogP contribution in [0, 0.1) is 0 Å². The second-order valence-electron chi connectivity index (χ2n) is 9.49. The van der Waals surface area contributed by atoms with E-state index in [1.54, 1.807) is 6.07 Å². The lowest BCUT2D eigenvalue weighted by atomic mass is 10.1. The van der Waals surface area contributed by atoms with Crippen LogP contribution in [0.25, 0.3) is 0 Å². The summed E-state index contributed by atoms with van der Waals surface area (Å²) in [5.41, 5.74) is 1.51. The molecule has 0 aliphatic rings. The maximum Gasteiger partial charge on any atom is 0.253 e. The smallest absolute Gasteiger partial charge is 0.253 e. The van der Waals surface area contributed by atoms with Gasteiger partial charge < -0.3 is 34.0 Å². The van der Waals surface area contributed by atoms with Gasteiger partial charge in [-0.25, -0.2) is 4.57 Å². The summed E-state index contributed by atoms with van der Waals surface area (Å²) >= 11 is 6.51. The minimum absolute atomic E-state index is 0. The zero-order valence-electron chi connectivity index (χ0n) is 22.4. The zero-order valence-corrected chi connectivity index (χ0v) is 25.3. The highest BCUT2D eigenvalue weighted by Crippen LogP contribution is 2.28. The molecule has 0 fully saturated rings. The normalized spacial score (nSPS) is 10.6. The van der Waals surface area contributed by atoms with Gasteiger partial charge in [-0.05, 0) is 24.6 Å². The van der Waals surface area contributed by atoms with Crippen molar-refractivity contribution >= 4 is 17.5 Å². The van der Waals surface area contributed by atoms with Crippen LogP contribution < -0.4 is 38.6 Å². The van der Waals surface area contributed by atoms with Gasteiger partial charge in [-0.2, -0.15) is 0 Å². The quantitative estimate of drug-likeness (QED) is 0.134. The van der Waals surface area contributed by atoms with Gasteiger partial charge in [0.1, 0.15) is 12.3 Å². The third kappa shape index (κ3) is 13.3. The lowest BCUT2D eigenvalue weighted by molar-refractivity contribution is -0.697. The first-order valence-electron chi connectivity index (χ1n) is 13.8. The maximum atomic E-state index is 12.7. The standard InChI is InChI=1S/C30H45ClN2O2.HI/c1-3-5-6-7-8-9-10-11-12-13-14-15-23-35-28-20-16-19-27(29(28)31)30(34)32-24-26-18-17-22-33(25-26)21-4-2;/h16-20,22,25H,3-15,21,23-24H2,1-2H3;1H. The van der Waals surface area contributed by atoms with Crippen molar-refractivity contribution in [2.45, 2.75) is 110 Å². The Labute approximate surface area is 241 Å². The highest BCUT2D eigenvalue weighted by molar-refractivity contribution is 6.35. The average molecular weight is 629 g/mol. The lowest BCUT2D eigenvalue weighted by Crippen LogP contribution is -3.00. The predicted molar refractivity (Wildman–Crippen MR) is 146 cm³/mol. The summed E-state index contributed by atoms with van der Waals surface area (Å²) in [6.07, 6.45) is 21.0. The molecule has 0 radical (unpaired) electrons. The van der Waals surface area contributed by atoms with Crippen molar-refractivity contribution in [3.63, 3.8) is 0 Å². The Bertz CT molecular complexity index is 863. The fourth-order valence-electron chi connectivity index (χ4n) is 4.28. The van der Waals surface area contributed by atoms with E-state index in [0.717, 1.165) is 24.9 Å². The Balaban J connectivity index is 0.00000648. The molecule has 1 amide bonds. The molecular formula is C30H46ClIN2O2. The van der Waals surface area contributed by atoms with Gasteiger partial charge in [0.15, 0.2) is 12.4 Å². The van der Waals surface area contributed by atoms with Crippen molar-refractivity contribution in [1.29, 1.82) is 0 Å². The third-order valence-electron chi connectivity index (χ3n) is 6.32. The minimum atomic E-state index is -0.184. The maximum absolute atomic E-state index is 12.7. The molecule has 0 unspecified atom stereocenters. The summed E-state index contributed by atoms with van der Waals surface area (Å²) in [6, 6.07) is 9.44. The number of carbonyl (C=O) groups is 1. The minimum Gasteiger partial charge on any atom is -1.00 e. The van der Waals surface area contributed by atoms with E-state index in [9.17, 15) is 4.79 Å². The molecule has 36 heavy (non-hydrogen) atoms. The summed E-state index contributed by atoms with van der Waals surface area (Å²) in [4.78, 5) is 12.7. The average Bonchev–Trinajstić information content (AvgIpc) is 2.87. The second-order valence-corrected chi connectivity index (χ2v) is 9.87. The predicted octanol–water partition coefficient (Wildman–Crippen LogP) is 5.05. The second kappa shape index (κ2) is 20.7. The van der Waals surface area contributed by atoms with Gasteiger partial charge in [-0.3, -0.25) is 4.79 Å². The summed E-state index contributed by atoms with van der Waals surface area (Å²) < 4.78 is 8.05. The van der Waals surface area contributed by atoms with Crippen LogP contribution in [0.5, 0.6) is 5.75 Å². The molecule has 2 aromatic rings. The molecule has 0 atom stereocenters. The number of hydrogen-bond donors (Lipinski definition) is 1. The van der Waals surface area contributed by atoms with Gasteiger partial charge in [0.25, 0.3) is 5.91 Å². The Morgan fingerprint density at radius 2 is 1.50 bits per heavy atom. The molecule has 4 nitrogen and oxygen atoms in total. The molecule has 1 N–H and O–H groups in total. The first-order valence-corrected chi connectivity index (χ1v) is 14.2. The topological polar surface area (TPSA) is 42.2 Å². The molecule has 1 aromatic carbocycles. The van der Waals surface area contributed by atoms with Gasteiger partial charge in [-0.1, -0.05) is 102 Å². The van der Waals surface area contributed by atoms with Crippen LogP contribution in [-0.4, -0.2) is 12.5 Å². The largest absolute Gasteiger partial charge is 1.00 e. The third-order valence-corrected chi connectivity index (χ3v) is 6.71. The van der Waals surface area contributed by atoms with Crippen LogP contribution >= 0.6 is 11.6 Å². The number of hydrogen-bond acceptors (Lipinski definition) is 2. The molecule has 0 saturated carbocycles. The molecule has 6 heteroatoms. The van der Waals surface area contributed by atoms with Crippen LogP contribution in [0.1, 0.15) is 113 Å². The van der Waals surface area contributed by atoms with E-state index in [0.29, 0.717) is 29.5 Å². The molecule has 0 aliphatic carbocycles. The first kappa shape index (κ1) is 32.7. The number of aromatic nitrogens is 1. The molecule has 0 spiro atoms. The number of aryl methyl sites for hydroxylation is 1. The number of nitrogens with zero attached hydrogens (tertiary/aromatic N) is 1. The molecule has 1 heterocycles. The number of ether oxygens (including phenoxy) is 1. The van der Waals surface area contributed by atoms with E-state index in [1.807, 2.05) is 30.5 Å². The van der Waals surface area contributed by atoms with Crippen molar-refractivity contribution in [2.75, 3.05) is 6.61 Å². The summed E-state index contributed by atoms with van der Waals surface area (Å²) in [5.74, 6) is 0.402. The number of amides is 1. The van der Waals surface area contributed by atoms with Gasteiger partial charge in [0.2, 0.25) is 0 Å². The Morgan fingerprint density at radius 1 is 0.861 bits per heavy atom. The van der Waals surface area contributed by atoms with Crippen molar-refractivity contribution in [2.24, 2.45) is 0 Å². The lowest BCUT2D eigenvalue weighted by Gasteiger charge is -2.11. The highest BCUT2D eigenvalue weighted by Gasteiger charge is 2.14. The highest BCUT2D eigenvalue weighted by atomic mass is 127. The number of nitrogens with one attached hydrogen (secondary N) is 1. The van der Waals surface area contributed by atoms with Crippen LogP contribution in [0.15, 0.2) is 42.7 Å². The number of pyridine rings is 1. The zero-order chi connectivity index (χ0) is 25.1. The Morgan fingerprint density at radius 3 is 2.14 bits per heavy atom. The monoisotopic (exact) mass is 628 g/mol. The van der Waals surface area contributed by atoms with Crippen molar-refractivity contribution in [3.8, 4) is 5.75 Å². The summed E-state index contributed by atoms with van der Waals surface area (Å²) in [5, 5.41) is 3.36. The SMILES string of the molecule is CCCCCCCCCCCCCCOc1cccc(C(=O)NCc2ccc[n+](CCC)c2)c1Cl.[I-]. The number of rotatable bonds is 19. The molecule has 2 rings (SSSR count). The van der Waals surface area contributed by atoms with E-state index in [1.165, 1.54) is 70.6 Å². The molecule has 0 bridgehead atoms. The van der Waals surface area contributed by atoms with Crippen molar-refractivity contribution in [3.05, 3.63) is 58.9 Å². The van der Waals surface area contributed by atoms with Gasteiger partial charge >= 0.3 is 0 Å². The van der Waals surface area contributed by atoms with Crippen LogP contribution in [0.4, 0.5) is 0 Å². The van der Waals surface area contributed by atoms with Crippen molar-refractivity contribution < 1.29 is 38.1 Å². The van der Waals surface area contributed by atoms with Crippen molar-refractivity contribution in [1.82, 2.24) is 5.32 Å². The molecule has 1 aromatic heterocycles. The fourth-order valence-corrected chi connectivity index (χ4v) is 4.54. The first-order chi connectivity index (χ1) is 17.2. The van der Waals surface area contributed by atoms with E-state index in [-0.39, 0.29) is 29.9 Å². The fraction of sp³-hybridized carbons (Fsp3) is 0.600. The number of halogens is 2. The van der Waals surface area contributed by atoms with Gasteiger partial charge in [-0.15, -0.1) is 0 Å². The Hall–Kier alpha value is -1.34. The van der Waals surface area contributed by atoms with Crippen LogP contribution in [-0.2, 0) is 13.1 Å². The molecule has 202 valence electrons. The van der Waals surface area contributed by atoms with Crippen LogP contribution in [0.3, 0.4) is 0 Å². The van der Waals surface area contributed by atoms with E-state index in [2.05, 4.69) is 29.9 Å². The van der Waals surface area contributed by atoms with Gasteiger partial charge in [0, 0.05) is 24.6 Å². The molecule has 0 saturated heterocycles. The number of carbonyl (C=O) groups excluding carboxylic acids is 1. The number of benzene rings is 1. The van der Waals surface area contributed by atoms with E-state index < -0.39 is 0 Å². The van der Waals surface area contributed by atoms with Crippen LogP contribution in [0.2, 0.25) is 5.02 Å². The molecular weight excluding hydrogens is 583 g/mol. The number of unbranched alkanes of at least 4 members (excludes halogenated alkanes) is 11. The Kier molecular flexibility index (Phi) is 18.8. The van der Waals surface area contributed by atoms with E-state index >= 15 is 0 Å². The molecule has 0 aliphatic heterocycles. The summed E-state index contributed by atoms with van der Waals surface area (Å²) in [6.45, 7) is 6.47. The van der Waals surface area contributed by atoms with E-state index in [4.69, 9.17) is 16.3 Å². The van der Waals surface area contributed by atoms with Gasteiger partial charge in [0.05, 0.1) is 17.2 Å². The summed E-state index contributed by atoms with van der Waals surface area (Å²) in [7, 11) is 0.